The van der Waals surface area contributed by atoms with Crippen LogP contribution in [0.15, 0.2) is 42.5 Å². The van der Waals surface area contributed by atoms with E-state index >= 15 is 0 Å². The third-order valence-corrected chi connectivity index (χ3v) is 5.38. The van der Waals surface area contributed by atoms with Crippen molar-refractivity contribution in [2.45, 2.75) is 58.2 Å². The van der Waals surface area contributed by atoms with E-state index in [0.717, 1.165) is 18.1 Å². The number of hydrogen-bond acceptors (Lipinski definition) is 2. The normalized spacial score (nSPS) is 19.7. The Morgan fingerprint density at radius 2 is 1.54 bits per heavy atom. The Morgan fingerprint density at radius 1 is 0.857 bits per heavy atom. The molecule has 0 spiro atoms. The summed E-state index contributed by atoms with van der Waals surface area (Å²) < 4.78 is 39.2. The molecule has 2 aromatic carbocycles. The standard InChI is InChI=1S/C24H30F2O2/c1-2-3-4-5-6-7-9-18-16-27-24(28-17-18)20-14-12-19(13-15-20)21-10-8-11-22(25)23(21)26/h8,10-15,18,24H,2-7,9,16-17H2,1H3. The fourth-order valence-corrected chi connectivity index (χ4v) is 3.66. The van der Waals surface area contributed by atoms with E-state index in [9.17, 15) is 8.78 Å². The molecule has 1 fully saturated rings. The molecule has 0 bridgehead atoms. The molecule has 0 radical (unpaired) electrons. The van der Waals surface area contributed by atoms with Gasteiger partial charge in [0.1, 0.15) is 0 Å². The highest BCUT2D eigenvalue weighted by atomic mass is 19.2. The second-order valence-electron chi connectivity index (χ2n) is 7.64. The minimum absolute atomic E-state index is 0.260. The zero-order chi connectivity index (χ0) is 19.8. The average Bonchev–Trinajstić information content (AvgIpc) is 2.73. The van der Waals surface area contributed by atoms with E-state index in [1.807, 2.05) is 12.1 Å². The summed E-state index contributed by atoms with van der Waals surface area (Å²) in [5.74, 6) is -1.20. The van der Waals surface area contributed by atoms with Gasteiger partial charge in [-0.15, -0.1) is 0 Å². The molecule has 1 aliphatic heterocycles. The smallest absolute Gasteiger partial charge is 0.183 e. The molecular weight excluding hydrogens is 358 g/mol. The lowest BCUT2D eigenvalue weighted by Gasteiger charge is -2.29. The Morgan fingerprint density at radius 3 is 2.25 bits per heavy atom. The number of unbranched alkanes of at least 4 members (excludes halogenated alkanes) is 5. The quantitative estimate of drug-likeness (QED) is 0.429. The Hall–Kier alpha value is -1.78. The largest absolute Gasteiger partial charge is 0.348 e. The van der Waals surface area contributed by atoms with Crippen LogP contribution in [0.2, 0.25) is 0 Å². The molecule has 1 saturated heterocycles. The molecule has 0 amide bonds. The van der Waals surface area contributed by atoms with Gasteiger partial charge in [-0.3, -0.25) is 0 Å². The first-order valence-corrected chi connectivity index (χ1v) is 10.5. The summed E-state index contributed by atoms with van der Waals surface area (Å²) in [4.78, 5) is 0. The fraction of sp³-hybridized carbons (Fsp3) is 0.500. The van der Waals surface area contributed by atoms with Crippen LogP contribution >= 0.6 is 0 Å². The molecule has 0 unspecified atom stereocenters. The summed E-state index contributed by atoms with van der Waals surface area (Å²) in [6, 6.07) is 11.5. The van der Waals surface area contributed by atoms with Crippen molar-refractivity contribution in [3.8, 4) is 11.1 Å². The van der Waals surface area contributed by atoms with Crippen LogP contribution in [0.1, 0.15) is 63.7 Å². The topological polar surface area (TPSA) is 18.5 Å². The highest BCUT2D eigenvalue weighted by molar-refractivity contribution is 5.64. The fourth-order valence-electron chi connectivity index (χ4n) is 3.66. The summed E-state index contributed by atoms with van der Waals surface area (Å²) in [6.45, 7) is 3.65. The highest BCUT2D eigenvalue weighted by Crippen LogP contribution is 2.30. The molecule has 4 heteroatoms. The van der Waals surface area contributed by atoms with Gasteiger partial charge in [-0.25, -0.2) is 8.78 Å². The van der Waals surface area contributed by atoms with E-state index < -0.39 is 11.6 Å². The maximum Gasteiger partial charge on any atom is 0.183 e. The molecular formula is C24H30F2O2. The number of hydrogen-bond donors (Lipinski definition) is 0. The third kappa shape index (κ3) is 5.62. The molecule has 0 atom stereocenters. The Kier molecular flexibility index (Phi) is 7.99. The van der Waals surface area contributed by atoms with E-state index in [4.69, 9.17) is 9.47 Å². The first-order chi connectivity index (χ1) is 13.7. The van der Waals surface area contributed by atoms with Crippen molar-refractivity contribution < 1.29 is 18.3 Å². The first-order valence-electron chi connectivity index (χ1n) is 10.5. The molecule has 0 aromatic heterocycles. The van der Waals surface area contributed by atoms with Crippen LogP contribution in [-0.2, 0) is 9.47 Å². The van der Waals surface area contributed by atoms with Crippen LogP contribution in [0.5, 0.6) is 0 Å². The van der Waals surface area contributed by atoms with Gasteiger partial charge in [0.15, 0.2) is 17.9 Å². The van der Waals surface area contributed by atoms with Gasteiger partial charge in [0, 0.05) is 17.0 Å². The molecule has 1 aliphatic rings. The molecule has 2 nitrogen and oxygen atoms in total. The Labute approximate surface area is 166 Å². The van der Waals surface area contributed by atoms with Crippen molar-refractivity contribution >= 4 is 0 Å². The van der Waals surface area contributed by atoms with E-state index in [2.05, 4.69) is 6.92 Å². The van der Waals surface area contributed by atoms with Crippen molar-refractivity contribution in [2.75, 3.05) is 13.2 Å². The Balaban J connectivity index is 1.46. The lowest BCUT2D eigenvalue weighted by Crippen LogP contribution is -2.27. The van der Waals surface area contributed by atoms with Crippen LogP contribution < -0.4 is 0 Å². The zero-order valence-corrected chi connectivity index (χ0v) is 16.6. The van der Waals surface area contributed by atoms with Gasteiger partial charge in [-0.05, 0) is 18.1 Å². The number of halogens is 2. The molecule has 152 valence electrons. The monoisotopic (exact) mass is 388 g/mol. The van der Waals surface area contributed by atoms with Crippen LogP contribution in [-0.4, -0.2) is 13.2 Å². The molecule has 0 N–H and O–H groups in total. The average molecular weight is 388 g/mol. The van der Waals surface area contributed by atoms with Crippen molar-refractivity contribution in [2.24, 2.45) is 5.92 Å². The van der Waals surface area contributed by atoms with Gasteiger partial charge >= 0.3 is 0 Å². The van der Waals surface area contributed by atoms with Crippen LogP contribution in [0.4, 0.5) is 8.78 Å². The minimum Gasteiger partial charge on any atom is -0.348 e. The molecule has 0 aliphatic carbocycles. The highest BCUT2D eigenvalue weighted by Gasteiger charge is 2.23. The number of benzene rings is 2. The summed E-state index contributed by atoms with van der Waals surface area (Å²) in [5.41, 5.74) is 1.80. The summed E-state index contributed by atoms with van der Waals surface area (Å²) in [6.07, 6.45) is 8.57. The van der Waals surface area contributed by atoms with E-state index in [0.29, 0.717) is 24.7 Å². The molecule has 28 heavy (non-hydrogen) atoms. The second-order valence-corrected chi connectivity index (χ2v) is 7.64. The van der Waals surface area contributed by atoms with Gasteiger partial charge < -0.3 is 9.47 Å². The van der Waals surface area contributed by atoms with Crippen molar-refractivity contribution in [3.05, 3.63) is 59.7 Å². The summed E-state index contributed by atoms with van der Waals surface area (Å²) >= 11 is 0. The lowest BCUT2D eigenvalue weighted by atomic mass is 10.0. The maximum atomic E-state index is 13.9. The number of rotatable bonds is 9. The Bertz CT molecular complexity index is 722. The van der Waals surface area contributed by atoms with E-state index in [-0.39, 0.29) is 11.9 Å². The first kappa shape index (κ1) is 20.9. The van der Waals surface area contributed by atoms with Gasteiger partial charge in [0.05, 0.1) is 13.2 Å². The number of ether oxygens (including phenoxy) is 2. The summed E-state index contributed by atoms with van der Waals surface area (Å²) in [5, 5.41) is 0. The summed E-state index contributed by atoms with van der Waals surface area (Å²) in [7, 11) is 0. The van der Waals surface area contributed by atoms with Gasteiger partial charge in [-0.2, -0.15) is 0 Å². The van der Waals surface area contributed by atoms with Crippen molar-refractivity contribution in [1.82, 2.24) is 0 Å². The van der Waals surface area contributed by atoms with Crippen LogP contribution in [0, 0.1) is 17.6 Å². The second kappa shape index (κ2) is 10.7. The van der Waals surface area contributed by atoms with E-state index in [1.165, 1.54) is 44.6 Å². The van der Waals surface area contributed by atoms with Crippen LogP contribution in [0.25, 0.3) is 11.1 Å². The lowest BCUT2D eigenvalue weighted by molar-refractivity contribution is -0.206. The molecule has 2 aromatic rings. The molecule has 3 rings (SSSR count). The molecule has 1 heterocycles. The van der Waals surface area contributed by atoms with Gasteiger partial charge in [-0.1, -0.05) is 81.8 Å². The van der Waals surface area contributed by atoms with Gasteiger partial charge in [0.25, 0.3) is 0 Å². The SMILES string of the molecule is CCCCCCCCC1COC(c2ccc(-c3cccc(F)c3F)cc2)OC1. The predicted molar refractivity (Wildman–Crippen MR) is 108 cm³/mol. The van der Waals surface area contributed by atoms with Crippen molar-refractivity contribution in [3.63, 3.8) is 0 Å². The van der Waals surface area contributed by atoms with Crippen molar-refractivity contribution in [1.29, 1.82) is 0 Å². The van der Waals surface area contributed by atoms with Gasteiger partial charge in [0.2, 0.25) is 0 Å². The zero-order valence-electron chi connectivity index (χ0n) is 16.6. The molecule has 0 saturated carbocycles. The van der Waals surface area contributed by atoms with Crippen LogP contribution in [0.3, 0.4) is 0 Å². The minimum atomic E-state index is -0.836. The third-order valence-electron chi connectivity index (χ3n) is 5.38. The van der Waals surface area contributed by atoms with E-state index in [1.54, 1.807) is 18.2 Å². The maximum absolute atomic E-state index is 13.9. The predicted octanol–water partition coefficient (Wildman–Crippen LogP) is 7.04.